The van der Waals surface area contributed by atoms with Gasteiger partial charge in [-0.25, -0.2) is 24.5 Å². The van der Waals surface area contributed by atoms with Crippen molar-refractivity contribution in [3.63, 3.8) is 0 Å². The summed E-state index contributed by atoms with van der Waals surface area (Å²) in [5.41, 5.74) is 8.56. The monoisotopic (exact) mass is 1570 g/mol. The molecule has 10 rings (SSSR count). The molecule has 2 aliphatic rings. The maximum absolute atomic E-state index is 14.5. The van der Waals surface area contributed by atoms with Crippen LogP contribution in [-0.2, 0) is 64.5 Å². The van der Waals surface area contributed by atoms with E-state index in [0.29, 0.717) is 77.1 Å². The zero-order valence-corrected chi connectivity index (χ0v) is 64.5. The van der Waals surface area contributed by atoms with E-state index in [-0.39, 0.29) is 18.5 Å². The van der Waals surface area contributed by atoms with Crippen molar-refractivity contribution in [1.82, 2.24) is 19.5 Å². The molecule has 0 saturated heterocycles. The lowest BCUT2D eigenvalue weighted by Gasteiger charge is -2.32. The number of carbonyl (C=O) groups is 4. The minimum Gasteiger partial charge on any atom is -0.455 e. The van der Waals surface area contributed by atoms with Crippen LogP contribution in [0.3, 0.4) is 0 Å². The number of nitrogens with zero attached hydrogens (tertiary/aromatic N) is 8. The molecule has 0 unspecified atom stereocenters. The molecule has 0 bridgehead atoms. The molecule has 0 saturated carbocycles. The fourth-order valence-corrected chi connectivity index (χ4v) is 15.2. The fraction of sp³-hybridized carbons (Fsp3) is 0.444. The molecular weight excluding hydrogens is 1480 g/mol. The smallest absolute Gasteiger partial charge is 0.357 e. The van der Waals surface area contributed by atoms with Gasteiger partial charge in [0.2, 0.25) is 0 Å². The number of carbonyl (C=O) groups excluding carboxylic acids is 4. The Bertz CT molecular complexity index is 4040. The van der Waals surface area contributed by atoms with Crippen molar-refractivity contribution in [2.75, 3.05) is 56.6 Å². The molecule has 0 radical (unpaired) electrons. The molecule has 0 aliphatic carbocycles. The highest BCUT2D eigenvalue weighted by Crippen LogP contribution is 2.34. The summed E-state index contributed by atoms with van der Waals surface area (Å²) in [6.45, 7) is 29.4. The van der Waals surface area contributed by atoms with Crippen molar-refractivity contribution in [2.24, 2.45) is 4.99 Å². The number of rotatable bonds is 23. The first-order chi connectivity index (χ1) is 44.7. The Morgan fingerprint density at radius 3 is 1.64 bits per heavy atom. The number of hydrogen-bond acceptors (Lipinski definition) is 15. The summed E-state index contributed by atoms with van der Waals surface area (Å²) in [6.07, 6.45) is 4.93. The molecule has 94 heavy (non-hydrogen) atoms. The highest BCUT2D eigenvalue weighted by atomic mass is 127. The molecule has 22 heteroatoms. The van der Waals surface area contributed by atoms with Gasteiger partial charge in [0.05, 0.1) is 20.4 Å². The van der Waals surface area contributed by atoms with Gasteiger partial charge in [0.25, 0.3) is 11.8 Å². The standard InChI is InChI=1S/2C36H45IN4O4SSi/c1-36(2,3)45-34(43)32-26(12-10-19-37)16-17-31(38-32)40-20-18-25-11-9-13-27(28(25)23-40)33(42)39-35-41(24-44-21-22-47(4,5)6)29-14-7-8-15-30(29)46-35;1-36(2,3)45-34(43)32-26(12-10-19-37)16-17-31(39-32)40-20-18-25-11-9-13-27(28(25)23-40)33(42)41(24-44-21-22-47(4,5)6)35-38-29-14-7-8-15-30(29)46-35/h2*7-9,11,13-17H,10,12,18-24H2,1-6H3. The van der Waals surface area contributed by atoms with E-state index in [1.807, 2.05) is 137 Å². The number of halogens is 2. The number of thiazole rings is 2. The second-order valence-electron chi connectivity index (χ2n) is 28.3. The zero-order valence-electron chi connectivity index (χ0n) is 56.5. The molecule has 500 valence electrons. The summed E-state index contributed by atoms with van der Waals surface area (Å²) in [5, 5.41) is 0.625. The maximum atomic E-state index is 14.5. The van der Waals surface area contributed by atoms with Crippen LogP contribution in [-0.4, -0.2) is 113 Å². The average molecular weight is 1570 g/mol. The number of aromatic nitrogens is 4. The molecule has 0 spiro atoms. The number of anilines is 3. The molecule has 2 aliphatic heterocycles. The van der Waals surface area contributed by atoms with Crippen molar-refractivity contribution in [3.05, 3.63) is 170 Å². The number of amides is 2. The third-order valence-electron chi connectivity index (χ3n) is 15.9. The summed E-state index contributed by atoms with van der Waals surface area (Å²) in [4.78, 5) is 80.8. The van der Waals surface area contributed by atoms with Crippen LogP contribution in [0.2, 0.25) is 51.4 Å². The zero-order chi connectivity index (χ0) is 67.5. The summed E-state index contributed by atoms with van der Waals surface area (Å²) >= 11 is 7.70. The Hall–Kier alpha value is -5.75. The van der Waals surface area contributed by atoms with E-state index in [1.54, 1.807) is 4.90 Å². The van der Waals surface area contributed by atoms with Crippen molar-refractivity contribution in [2.45, 2.75) is 162 Å². The van der Waals surface area contributed by atoms with Gasteiger partial charge in [-0.1, -0.05) is 168 Å². The van der Waals surface area contributed by atoms with Crippen molar-refractivity contribution < 1.29 is 38.1 Å². The number of aryl methyl sites for hydroxylation is 2. The fourth-order valence-electron chi connectivity index (χ4n) is 11.0. The molecule has 8 aromatic rings. The maximum Gasteiger partial charge on any atom is 0.357 e. The molecule has 0 N–H and O–H groups in total. The van der Waals surface area contributed by atoms with E-state index in [2.05, 4.69) is 117 Å². The first kappa shape index (κ1) is 72.5. The summed E-state index contributed by atoms with van der Waals surface area (Å²) in [7, 11) is -2.53. The molecule has 0 atom stereocenters. The van der Waals surface area contributed by atoms with Crippen LogP contribution in [0.15, 0.2) is 114 Å². The van der Waals surface area contributed by atoms with E-state index in [0.717, 1.165) is 126 Å². The van der Waals surface area contributed by atoms with E-state index in [4.69, 9.17) is 33.9 Å². The van der Waals surface area contributed by atoms with Crippen LogP contribution < -0.4 is 19.5 Å². The van der Waals surface area contributed by atoms with Gasteiger partial charge in [0.1, 0.15) is 36.3 Å². The van der Waals surface area contributed by atoms with Gasteiger partial charge in [0, 0.05) is 66.7 Å². The Kier molecular flexibility index (Phi) is 24.7. The second-order valence-corrected chi connectivity index (χ2v) is 43.7. The number of hydrogen-bond donors (Lipinski definition) is 0. The Morgan fingerprint density at radius 1 is 0.596 bits per heavy atom. The predicted molar refractivity (Wildman–Crippen MR) is 405 cm³/mol. The van der Waals surface area contributed by atoms with E-state index >= 15 is 0 Å². The molecule has 16 nitrogen and oxygen atoms in total. The van der Waals surface area contributed by atoms with Gasteiger partial charge < -0.3 is 28.7 Å². The van der Waals surface area contributed by atoms with Crippen molar-refractivity contribution in [1.29, 1.82) is 0 Å². The van der Waals surface area contributed by atoms with E-state index in [9.17, 15) is 19.2 Å². The number of para-hydroxylation sites is 2. The lowest BCUT2D eigenvalue weighted by atomic mass is 9.94. The Morgan fingerprint density at radius 2 is 1.11 bits per heavy atom. The highest BCUT2D eigenvalue weighted by Gasteiger charge is 2.31. The number of benzene rings is 4. The topological polar surface area (TPSA) is 171 Å². The number of ether oxygens (including phenoxy) is 4. The third kappa shape index (κ3) is 19.7. The van der Waals surface area contributed by atoms with Crippen molar-refractivity contribution >= 4 is 145 Å². The molecule has 2 amide bonds. The minimum atomic E-state index is -1.30. The molecule has 4 aromatic carbocycles. The Balaban J connectivity index is 0.000000221. The van der Waals surface area contributed by atoms with Crippen LogP contribution in [0.1, 0.15) is 129 Å². The average Bonchev–Trinajstić information content (AvgIpc) is 1.14. The SMILES string of the molecule is CC(C)(C)OC(=O)c1nc(N2CCc3cccc(C(=O)N(COCC[Si](C)(C)C)c4nc5ccccc5s4)c3C2)ccc1CCCI.CC(C)(C)OC(=O)c1nc(N2CCc3cccc(C(=O)N=c4sc5ccccc5n4COCC[Si](C)(C)C)c3C2)ccc1CCCI. The normalized spacial score (nSPS) is 13.7. The molecule has 6 heterocycles. The van der Waals surface area contributed by atoms with Gasteiger partial charge >= 0.3 is 11.9 Å². The van der Waals surface area contributed by atoms with Crippen LogP contribution in [0.5, 0.6) is 0 Å². The molecular formula is C72H90I2N8O8S2Si2. The largest absolute Gasteiger partial charge is 0.455 e. The third-order valence-corrected chi connectivity index (χ3v) is 23.0. The molecule has 0 fully saturated rings. The lowest BCUT2D eigenvalue weighted by Crippen LogP contribution is -2.37. The number of pyridine rings is 2. The predicted octanol–water partition coefficient (Wildman–Crippen LogP) is 16.6. The quantitative estimate of drug-likeness (QED) is 0.0148. The van der Waals surface area contributed by atoms with Crippen LogP contribution >= 0.6 is 67.9 Å². The van der Waals surface area contributed by atoms with Gasteiger partial charge in [-0.2, -0.15) is 4.99 Å². The van der Waals surface area contributed by atoms with E-state index in [1.165, 1.54) is 22.7 Å². The summed E-state index contributed by atoms with van der Waals surface area (Å²) in [6, 6.07) is 38.0. The summed E-state index contributed by atoms with van der Waals surface area (Å²) < 4.78 is 29.8. The van der Waals surface area contributed by atoms with Gasteiger partial charge in [-0.15, -0.1) is 0 Å². The van der Waals surface area contributed by atoms with Gasteiger partial charge in [0.15, 0.2) is 21.3 Å². The molecule has 4 aromatic heterocycles. The van der Waals surface area contributed by atoms with Crippen molar-refractivity contribution in [3.8, 4) is 0 Å². The Labute approximate surface area is 591 Å². The van der Waals surface area contributed by atoms with Crippen LogP contribution in [0.25, 0.3) is 20.4 Å². The van der Waals surface area contributed by atoms with Crippen LogP contribution in [0, 0.1) is 0 Å². The van der Waals surface area contributed by atoms with Crippen LogP contribution in [0.4, 0.5) is 16.8 Å². The minimum absolute atomic E-state index is 0.132. The number of esters is 2. The highest BCUT2D eigenvalue weighted by molar-refractivity contribution is 14.1. The second kappa shape index (κ2) is 32.1. The first-order valence-corrected chi connectivity index (χ1v) is 44.6. The first-order valence-electron chi connectivity index (χ1n) is 32.5. The summed E-state index contributed by atoms with van der Waals surface area (Å²) in [5.74, 6) is 0.184. The van der Waals surface area contributed by atoms with E-state index < -0.39 is 39.3 Å². The van der Waals surface area contributed by atoms with Gasteiger partial charge in [-0.3, -0.25) is 19.1 Å². The number of fused-ring (bicyclic) bond motifs is 4. The lowest BCUT2D eigenvalue weighted by molar-refractivity contribution is 0.00492. The van der Waals surface area contributed by atoms with Gasteiger partial charge in [-0.05, 0) is 183 Å². The number of alkyl halides is 2.